The van der Waals surface area contributed by atoms with Gasteiger partial charge < -0.3 is 18.8 Å². The van der Waals surface area contributed by atoms with Crippen molar-refractivity contribution in [3.8, 4) is 11.5 Å². The first kappa shape index (κ1) is 19.9. The standard InChI is InChI=1S/C21H24N2O4S/c1-4-15(2)23(21(24)19-10-7-11-26-19)12-16-14-28-20(22-16)13-27-18-9-6-5-8-17(18)25-3/h5-11,14-15H,4,12-13H2,1-3H3/t15-/m1/s1. The number of carbonyl (C=O) groups is 1. The van der Waals surface area contributed by atoms with E-state index in [0.717, 1.165) is 17.1 Å². The van der Waals surface area contributed by atoms with E-state index < -0.39 is 0 Å². The topological polar surface area (TPSA) is 64.8 Å². The van der Waals surface area contributed by atoms with Crippen LogP contribution in [-0.4, -0.2) is 28.9 Å². The van der Waals surface area contributed by atoms with Crippen LogP contribution in [0.1, 0.15) is 41.5 Å². The van der Waals surface area contributed by atoms with E-state index >= 15 is 0 Å². The Kier molecular flexibility index (Phi) is 6.71. The molecule has 0 unspecified atom stereocenters. The summed E-state index contributed by atoms with van der Waals surface area (Å²) in [5, 5.41) is 2.81. The maximum absolute atomic E-state index is 12.8. The molecule has 1 atom stereocenters. The van der Waals surface area contributed by atoms with E-state index in [1.807, 2.05) is 36.6 Å². The van der Waals surface area contributed by atoms with Gasteiger partial charge in [-0.15, -0.1) is 11.3 Å². The van der Waals surface area contributed by atoms with Crippen molar-refractivity contribution in [3.63, 3.8) is 0 Å². The average Bonchev–Trinajstić information content (AvgIpc) is 3.41. The third-order valence-electron chi connectivity index (χ3n) is 4.47. The summed E-state index contributed by atoms with van der Waals surface area (Å²) in [6, 6.07) is 11.0. The van der Waals surface area contributed by atoms with Gasteiger partial charge in [-0.2, -0.15) is 0 Å². The van der Waals surface area contributed by atoms with Gasteiger partial charge in [0.15, 0.2) is 17.3 Å². The van der Waals surface area contributed by atoms with Crippen molar-refractivity contribution >= 4 is 17.2 Å². The Bertz CT molecular complexity index is 891. The minimum Gasteiger partial charge on any atom is -0.493 e. The number of thiazole rings is 1. The molecule has 0 saturated heterocycles. The molecule has 6 nitrogen and oxygen atoms in total. The summed E-state index contributed by atoms with van der Waals surface area (Å²) in [7, 11) is 1.61. The average molecular weight is 401 g/mol. The third-order valence-corrected chi connectivity index (χ3v) is 5.34. The van der Waals surface area contributed by atoms with Crippen molar-refractivity contribution in [2.75, 3.05) is 7.11 Å². The summed E-state index contributed by atoms with van der Waals surface area (Å²) in [6.45, 7) is 4.86. The van der Waals surface area contributed by atoms with Crippen LogP contribution in [0.15, 0.2) is 52.5 Å². The Morgan fingerprint density at radius 2 is 2.04 bits per heavy atom. The molecule has 0 aliphatic rings. The van der Waals surface area contributed by atoms with Crippen LogP contribution in [0.4, 0.5) is 0 Å². The third kappa shape index (κ3) is 4.72. The number of benzene rings is 1. The lowest BCUT2D eigenvalue weighted by Gasteiger charge is -2.27. The van der Waals surface area contributed by atoms with E-state index in [2.05, 4.69) is 11.9 Å². The number of aromatic nitrogens is 1. The molecule has 0 radical (unpaired) electrons. The van der Waals surface area contributed by atoms with E-state index in [-0.39, 0.29) is 11.9 Å². The first-order valence-electron chi connectivity index (χ1n) is 9.16. The Morgan fingerprint density at radius 1 is 1.25 bits per heavy atom. The molecule has 0 bridgehead atoms. The summed E-state index contributed by atoms with van der Waals surface area (Å²) in [5.74, 6) is 1.58. The van der Waals surface area contributed by atoms with Gasteiger partial charge in [-0.3, -0.25) is 4.79 Å². The lowest BCUT2D eigenvalue weighted by molar-refractivity contribution is 0.0636. The molecule has 0 spiro atoms. The molecular weight excluding hydrogens is 376 g/mol. The molecule has 148 valence electrons. The molecule has 0 saturated carbocycles. The molecule has 0 aliphatic heterocycles. The Hall–Kier alpha value is -2.80. The molecule has 3 aromatic rings. The molecule has 2 heterocycles. The van der Waals surface area contributed by atoms with Crippen molar-refractivity contribution in [1.29, 1.82) is 0 Å². The number of amides is 1. The Morgan fingerprint density at radius 3 is 2.71 bits per heavy atom. The largest absolute Gasteiger partial charge is 0.493 e. The second-order valence-corrected chi connectivity index (χ2v) is 7.28. The highest BCUT2D eigenvalue weighted by atomic mass is 32.1. The highest BCUT2D eigenvalue weighted by molar-refractivity contribution is 7.09. The van der Waals surface area contributed by atoms with E-state index in [0.29, 0.717) is 30.4 Å². The SMILES string of the molecule is CC[C@@H](C)N(Cc1csc(COc2ccccc2OC)n1)C(=O)c1ccco1. The van der Waals surface area contributed by atoms with Crippen molar-refractivity contribution in [1.82, 2.24) is 9.88 Å². The van der Waals surface area contributed by atoms with Crippen molar-refractivity contribution < 1.29 is 18.7 Å². The number of ether oxygens (including phenoxy) is 2. The molecule has 0 aliphatic carbocycles. The van der Waals surface area contributed by atoms with Gasteiger partial charge in [-0.25, -0.2) is 4.98 Å². The fourth-order valence-electron chi connectivity index (χ4n) is 2.73. The predicted molar refractivity (Wildman–Crippen MR) is 108 cm³/mol. The van der Waals surface area contributed by atoms with Gasteiger partial charge in [0, 0.05) is 11.4 Å². The van der Waals surface area contributed by atoms with Crippen LogP contribution in [0.5, 0.6) is 11.5 Å². The number of furan rings is 1. The van der Waals surface area contributed by atoms with E-state index in [1.165, 1.54) is 17.6 Å². The molecule has 0 N–H and O–H groups in total. The summed E-state index contributed by atoms with van der Waals surface area (Å²) < 4.78 is 16.4. The van der Waals surface area contributed by atoms with Crippen molar-refractivity contribution in [3.05, 3.63) is 64.5 Å². The lowest BCUT2D eigenvalue weighted by Crippen LogP contribution is -2.37. The minimum absolute atomic E-state index is 0.0765. The second kappa shape index (κ2) is 9.41. The zero-order chi connectivity index (χ0) is 19.9. The first-order chi connectivity index (χ1) is 13.6. The van der Waals surface area contributed by atoms with Crippen LogP contribution in [0, 0.1) is 0 Å². The first-order valence-corrected chi connectivity index (χ1v) is 10.0. The number of para-hydroxylation sites is 2. The van der Waals surface area contributed by atoms with Crippen LogP contribution in [0.25, 0.3) is 0 Å². The summed E-state index contributed by atoms with van der Waals surface area (Å²) in [6.07, 6.45) is 2.36. The van der Waals surface area contributed by atoms with Gasteiger partial charge in [-0.1, -0.05) is 19.1 Å². The Labute approximate surface area is 168 Å². The molecule has 3 rings (SSSR count). The van der Waals surface area contributed by atoms with Crippen LogP contribution in [0.3, 0.4) is 0 Å². The fourth-order valence-corrected chi connectivity index (χ4v) is 3.43. The summed E-state index contributed by atoms with van der Waals surface area (Å²) >= 11 is 1.51. The highest BCUT2D eigenvalue weighted by Crippen LogP contribution is 2.27. The van der Waals surface area contributed by atoms with Crippen LogP contribution < -0.4 is 9.47 Å². The zero-order valence-electron chi connectivity index (χ0n) is 16.3. The van der Waals surface area contributed by atoms with E-state index in [1.54, 1.807) is 24.1 Å². The molecule has 28 heavy (non-hydrogen) atoms. The number of nitrogens with zero attached hydrogens (tertiary/aromatic N) is 2. The normalized spacial score (nSPS) is 11.8. The maximum Gasteiger partial charge on any atom is 0.290 e. The van der Waals surface area contributed by atoms with E-state index in [9.17, 15) is 4.79 Å². The fraction of sp³-hybridized carbons (Fsp3) is 0.333. The highest BCUT2D eigenvalue weighted by Gasteiger charge is 2.23. The summed E-state index contributed by atoms with van der Waals surface area (Å²) in [4.78, 5) is 19.2. The molecule has 7 heteroatoms. The molecule has 0 fully saturated rings. The van der Waals surface area contributed by atoms with Crippen molar-refractivity contribution in [2.45, 2.75) is 39.5 Å². The smallest absolute Gasteiger partial charge is 0.290 e. The van der Waals surface area contributed by atoms with Gasteiger partial charge in [-0.05, 0) is 37.6 Å². The van der Waals surface area contributed by atoms with Crippen LogP contribution in [0.2, 0.25) is 0 Å². The number of hydrogen-bond acceptors (Lipinski definition) is 6. The maximum atomic E-state index is 12.8. The zero-order valence-corrected chi connectivity index (χ0v) is 17.1. The number of rotatable bonds is 9. The van der Waals surface area contributed by atoms with Gasteiger partial charge in [0.2, 0.25) is 0 Å². The molecule has 1 amide bonds. The van der Waals surface area contributed by atoms with Crippen LogP contribution >= 0.6 is 11.3 Å². The van der Waals surface area contributed by atoms with Gasteiger partial charge in [0.1, 0.15) is 11.6 Å². The quantitative estimate of drug-likeness (QED) is 0.518. The lowest BCUT2D eigenvalue weighted by atomic mass is 10.2. The predicted octanol–water partition coefficient (Wildman–Crippen LogP) is 4.76. The molecule has 2 aromatic heterocycles. The van der Waals surface area contributed by atoms with Gasteiger partial charge in [0.05, 0.1) is 25.6 Å². The summed E-state index contributed by atoms with van der Waals surface area (Å²) in [5.41, 5.74) is 0.837. The number of hydrogen-bond donors (Lipinski definition) is 0. The Balaban J connectivity index is 1.67. The number of carbonyl (C=O) groups excluding carboxylic acids is 1. The monoisotopic (exact) mass is 400 g/mol. The molecular formula is C21H24N2O4S. The van der Waals surface area contributed by atoms with Gasteiger partial charge in [0.25, 0.3) is 5.91 Å². The minimum atomic E-state index is -0.126. The van der Waals surface area contributed by atoms with Crippen LogP contribution in [-0.2, 0) is 13.2 Å². The van der Waals surface area contributed by atoms with E-state index in [4.69, 9.17) is 13.9 Å². The second-order valence-electron chi connectivity index (χ2n) is 6.34. The molecule has 1 aromatic carbocycles. The van der Waals surface area contributed by atoms with Crippen molar-refractivity contribution in [2.24, 2.45) is 0 Å². The van der Waals surface area contributed by atoms with Gasteiger partial charge >= 0.3 is 0 Å². The number of methoxy groups -OCH3 is 1.